The van der Waals surface area contributed by atoms with Crippen molar-refractivity contribution < 1.29 is 14.6 Å². The Kier molecular flexibility index (Phi) is 5.01. The number of aliphatic hydroxyl groups is 1. The van der Waals surface area contributed by atoms with Gasteiger partial charge in [-0.1, -0.05) is 24.3 Å². The van der Waals surface area contributed by atoms with E-state index < -0.39 is 5.60 Å². The number of benzene rings is 2. The zero-order valence-electron chi connectivity index (χ0n) is 14.2. The van der Waals surface area contributed by atoms with E-state index >= 15 is 0 Å². The number of ether oxygens (including phenoxy) is 1. The molecular weight excluding hydrogens is 336 g/mol. The molecule has 0 spiro atoms. The van der Waals surface area contributed by atoms with Gasteiger partial charge in [0.15, 0.2) is 5.01 Å². The summed E-state index contributed by atoms with van der Waals surface area (Å²) in [5.74, 6) is 0.503. The van der Waals surface area contributed by atoms with Crippen LogP contribution in [0.2, 0.25) is 0 Å². The highest BCUT2D eigenvalue weighted by atomic mass is 32.1. The Bertz CT molecular complexity index is 839. The maximum Gasteiger partial charge on any atom is 0.280 e. The van der Waals surface area contributed by atoms with Gasteiger partial charge >= 0.3 is 0 Å². The predicted octanol–water partition coefficient (Wildman–Crippen LogP) is 3.03. The number of thiazole rings is 1. The molecule has 2 aromatic carbocycles. The number of rotatable bonds is 6. The molecule has 0 aliphatic carbocycles. The number of methoxy groups -OCH3 is 1. The van der Waals surface area contributed by atoms with Crippen molar-refractivity contribution in [2.75, 3.05) is 13.7 Å². The lowest BCUT2D eigenvalue weighted by atomic mass is 9.96. The van der Waals surface area contributed by atoms with Crippen molar-refractivity contribution in [2.45, 2.75) is 18.9 Å². The fraction of sp³-hybridized carbons (Fsp3) is 0.263. The van der Waals surface area contributed by atoms with Crippen molar-refractivity contribution >= 4 is 27.5 Å². The molecule has 1 aromatic heterocycles. The lowest BCUT2D eigenvalue weighted by molar-refractivity contribution is 0.0552. The van der Waals surface area contributed by atoms with Crippen LogP contribution in [0.25, 0.3) is 10.2 Å². The number of hydrogen-bond acceptors (Lipinski definition) is 5. The monoisotopic (exact) mass is 356 g/mol. The lowest BCUT2D eigenvalue weighted by Gasteiger charge is -2.23. The summed E-state index contributed by atoms with van der Waals surface area (Å²) in [5.41, 5.74) is 0.726. The normalized spacial score (nSPS) is 13.4. The van der Waals surface area contributed by atoms with Crippen LogP contribution in [-0.2, 0) is 6.42 Å². The Hall–Kier alpha value is -2.44. The molecule has 130 valence electrons. The van der Waals surface area contributed by atoms with E-state index in [0.29, 0.717) is 11.4 Å². The maximum absolute atomic E-state index is 12.3. The molecule has 1 amide bonds. The third kappa shape index (κ3) is 4.35. The first kappa shape index (κ1) is 17.4. The van der Waals surface area contributed by atoms with E-state index in [1.165, 1.54) is 11.3 Å². The molecule has 0 bridgehead atoms. The number of nitrogens with zero attached hydrogens (tertiary/aromatic N) is 1. The Labute approximate surface area is 150 Å². The average Bonchev–Trinajstić information content (AvgIpc) is 3.04. The minimum atomic E-state index is -1.05. The SMILES string of the molecule is COc1ccc(C[C@@](C)(O)CNC(=O)c2nc3ccccc3s2)cc1. The third-order valence-electron chi connectivity index (χ3n) is 3.86. The Balaban J connectivity index is 1.61. The van der Waals surface area contributed by atoms with Crippen LogP contribution in [-0.4, -0.2) is 35.3 Å². The van der Waals surface area contributed by atoms with Gasteiger partial charge in [-0.25, -0.2) is 4.98 Å². The molecule has 0 fully saturated rings. The van der Waals surface area contributed by atoms with Gasteiger partial charge in [0.25, 0.3) is 5.91 Å². The number of carbonyl (C=O) groups excluding carboxylic acids is 1. The minimum absolute atomic E-state index is 0.147. The van der Waals surface area contributed by atoms with Gasteiger partial charge in [-0.05, 0) is 36.8 Å². The van der Waals surface area contributed by atoms with Gasteiger partial charge in [-0.3, -0.25) is 4.79 Å². The summed E-state index contributed by atoms with van der Waals surface area (Å²) in [6.07, 6.45) is 0.428. The van der Waals surface area contributed by atoms with Crippen molar-refractivity contribution in [3.63, 3.8) is 0 Å². The minimum Gasteiger partial charge on any atom is -0.497 e. The van der Waals surface area contributed by atoms with E-state index in [9.17, 15) is 9.90 Å². The number of para-hydroxylation sites is 1. The van der Waals surface area contributed by atoms with Gasteiger partial charge in [-0.2, -0.15) is 0 Å². The molecule has 0 radical (unpaired) electrons. The van der Waals surface area contributed by atoms with Crippen LogP contribution in [0.5, 0.6) is 5.75 Å². The van der Waals surface area contributed by atoms with Gasteiger partial charge in [-0.15, -0.1) is 11.3 Å². The van der Waals surface area contributed by atoms with Crippen molar-refractivity contribution in [1.82, 2.24) is 10.3 Å². The molecule has 0 aliphatic rings. The van der Waals surface area contributed by atoms with Gasteiger partial charge < -0.3 is 15.2 Å². The van der Waals surface area contributed by atoms with Crippen LogP contribution in [0.4, 0.5) is 0 Å². The Morgan fingerprint density at radius 1 is 1.24 bits per heavy atom. The van der Waals surface area contributed by atoms with Crippen LogP contribution >= 0.6 is 11.3 Å². The summed E-state index contributed by atoms with van der Waals surface area (Å²) in [7, 11) is 1.61. The second kappa shape index (κ2) is 7.21. The van der Waals surface area contributed by atoms with Crippen LogP contribution < -0.4 is 10.1 Å². The average molecular weight is 356 g/mol. The van der Waals surface area contributed by atoms with Gasteiger partial charge in [0.2, 0.25) is 0 Å². The number of aromatic nitrogens is 1. The van der Waals surface area contributed by atoms with E-state index in [2.05, 4.69) is 10.3 Å². The van der Waals surface area contributed by atoms with Crippen molar-refractivity contribution in [3.05, 3.63) is 59.1 Å². The van der Waals surface area contributed by atoms with Crippen LogP contribution in [0, 0.1) is 0 Å². The zero-order valence-corrected chi connectivity index (χ0v) is 15.0. The summed E-state index contributed by atoms with van der Waals surface area (Å²) >= 11 is 1.35. The van der Waals surface area contributed by atoms with Gasteiger partial charge in [0.05, 0.1) is 22.9 Å². The fourth-order valence-corrected chi connectivity index (χ4v) is 3.44. The molecule has 3 rings (SSSR count). The topological polar surface area (TPSA) is 71.5 Å². The first-order valence-electron chi connectivity index (χ1n) is 7.96. The number of nitrogens with one attached hydrogen (secondary N) is 1. The first-order valence-corrected chi connectivity index (χ1v) is 8.77. The van der Waals surface area contributed by atoms with E-state index in [1.807, 2.05) is 48.5 Å². The van der Waals surface area contributed by atoms with E-state index in [1.54, 1.807) is 14.0 Å². The van der Waals surface area contributed by atoms with Crippen LogP contribution in [0.1, 0.15) is 22.3 Å². The summed E-state index contributed by atoms with van der Waals surface area (Å²) in [6.45, 7) is 1.85. The number of hydrogen-bond donors (Lipinski definition) is 2. The first-order chi connectivity index (χ1) is 12.0. The van der Waals surface area contributed by atoms with E-state index in [4.69, 9.17) is 4.74 Å². The molecule has 6 heteroatoms. The van der Waals surface area contributed by atoms with Gasteiger partial charge in [0.1, 0.15) is 5.75 Å². The Morgan fingerprint density at radius 3 is 2.64 bits per heavy atom. The largest absolute Gasteiger partial charge is 0.497 e. The van der Waals surface area contributed by atoms with Crippen molar-refractivity contribution in [3.8, 4) is 5.75 Å². The lowest BCUT2D eigenvalue weighted by Crippen LogP contribution is -2.42. The van der Waals surface area contributed by atoms with Gasteiger partial charge in [0, 0.05) is 13.0 Å². The zero-order chi connectivity index (χ0) is 17.9. The molecule has 0 saturated heterocycles. The molecular formula is C19H20N2O3S. The molecule has 5 nitrogen and oxygen atoms in total. The Morgan fingerprint density at radius 2 is 1.96 bits per heavy atom. The molecule has 1 heterocycles. The highest BCUT2D eigenvalue weighted by molar-refractivity contribution is 7.20. The smallest absolute Gasteiger partial charge is 0.280 e. The highest BCUT2D eigenvalue weighted by Gasteiger charge is 2.23. The van der Waals surface area contributed by atoms with Crippen LogP contribution in [0.3, 0.4) is 0 Å². The molecule has 1 atom stereocenters. The number of fused-ring (bicyclic) bond motifs is 1. The molecule has 0 unspecified atom stereocenters. The summed E-state index contributed by atoms with van der Waals surface area (Å²) in [6, 6.07) is 15.1. The summed E-state index contributed by atoms with van der Waals surface area (Å²) in [4.78, 5) is 16.6. The maximum atomic E-state index is 12.3. The number of amides is 1. The molecule has 3 aromatic rings. The molecule has 2 N–H and O–H groups in total. The van der Waals surface area contributed by atoms with E-state index in [-0.39, 0.29) is 12.5 Å². The van der Waals surface area contributed by atoms with E-state index in [0.717, 1.165) is 21.5 Å². The third-order valence-corrected chi connectivity index (χ3v) is 4.90. The number of carbonyl (C=O) groups is 1. The highest BCUT2D eigenvalue weighted by Crippen LogP contribution is 2.22. The quantitative estimate of drug-likeness (QED) is 0.712. The summed E-state index contributed by atoms with van der Waals surface area (Å²) in [5, 5.41) is 13.7. The standard InChI is InChI=1S/C19H20N2O3S/c1-19(23,11-13-7-9-14(24-2)10-8-13)12-20-17(22)18-21-15-5-3-4-6-16(15)25-18/h3-10,23H,11-12H2,1-2H3,(H,20,22)/t19-/m1/s1. The second-order valence-electron chi connectivity index (χ2n) is 6.19. The predicted molar refractivity (Wildman–Crippen MR) is 99.3 cm³/mol. The van der Waals surface area contributed by atoms with Crippen molar-refractivity contribution in [1.29, 1.82) is 0 Å². The van der Waals surface area contributed by atoms with Crippen LogP contribution in [0.15, 0.2) is 48.5 Å². The summed E-state index contributed by atoms with van der Waals surface area (Å²) < 4.78 is 6.10. The molecule has 0 aliphatic heterocycles. The fourth-order valence-electron chi connectivity index (χ4n) is 2.56. The van der Waals surface area contributed by atoms with Crippen molar-refractivity contribution in [2.24, 2.45) is 0 Å². The molecule has 0 saturated carbocycles. The second-order valence-corrected chi connectivity index (χ2v) is 7.22. The molecule has 25 heavy (non-hydrogen) atoms.